The predicted octanol–water partition coefficient (Wildman–Crippen LogP) is -0.141. The molecule has 0 radical (unpaired) electrons. The highest BCUT2D eigenvalue weighted by molar-refractivity contribution is 5.55. The number of carbonyl (C=O) groups excluding carboxylic acids is 2. The third-order valence-electron chi connectivity index (χ3n) is 1.07. The first kappa shape index (κ1) is 6.54. The lowest BCUT2D eigenvalue weighted by molar-refractivity contribution is -0.116. The highest BCUT2D eigenvalue weighted by Gasteiger charge is 1.98. The van der Waals surface area contributed by atoms with E-state index in [1.165, 1.54) is 34.6 Å². The average Bonchev–Trinajstić information content (AvgIpc) is 2.05. The molecule has 0 aromatic rings. The van der Waals surface area contributed by atoms with Crippen molar-refractivity contribution >= 4 is 12.8 Å². The van der Waals surface area contributed by atoms with Crippen LogP contribution in [0.4, 0.5) is 0 Å². The van der Waals surface area contributed by atoms with Crippen molar-refractivity contribution in [3.63, 3.8) is 0 Å². The molecular formula is C6H6N2O2. The Bertz CT molecular complexity index is 164. The molecule has 52 valence electrons. The molecule has 2 amide bonds. The van der Waals surface area contributed by atoms with E-state index < -0.39 is 0 Å². The molecule has 0 fully saturated rings. The van der Waals surface area contributed by atoms with Crippen molar-refractivity contribution in [1.82, 2.24) is 9.80 Å². The Morgan fingerprint density at radius 3 is 1.30 bits per heavy atom. The van der Waals surface area contributed by atoms with Crippen LogP contribution in [0.3, 0.4) is 0 Å². The Balaban J connectivity index is 2.60. The van der Waals surface area contributed by atoms with Gasteiger partial charge in [-0.25, -0.2) is 0 Å². The molecule has 1 rings (SSSR count). The molecule has 0 N–H and O–H groups in total. The standard InChI is InChI=1S/C6H6N2O2/c9-5-7-1-2-8(6-10)4-3-7/h1-6H. The van der Waals surface area contributed by atoms with Gasteiger partial charge in [0.2, 0.25) is 12.8 Å². The minimum Gasteiger partial charge on any atom is -0.294 e. The number of hydrogen-bond acceptors (Lipinski definition) is 2. The van der Waals surface area contributed by atoms with Gasteiger partial charge in [-0.2, -0.15) is 0 Å². The minimum absolute atomic E-state index is 0.648. The first-order chi connectivity index (χ1) is 4.86. The van der Waals surface area contributed by atoms with E-state index in [0.717, 1.165) is 0 Å². The lowest BCUT2D eigenvalue weighted by Gasteiger charge is -2.14. The summed E-state index contributed by atoms with van der Waals surface area (Å²) < 4.78 is 0. The normalized spacial score (nSPS) is 15.6. The smallest absolute Gasteiger partial charge is 0.217 e. The molecule has 0 aromatic carbocycles. The van der Waals surface area contributed by atoms with Crippen molar-refractivity contribution in [2.24, 2.45) is 0 Å². The summed E-state index contributed by atoms with van der Waals surface area (Å²) in [7, 11) is 0. The molecule has 4 nitrogen and oxygen atoms in total. The van der Waals surface area contributed by atoms with Gasteiger partial charge in [-0.3, -0.25) is 19.4 Å². The molecule has 0 spiro atoms. The van der Waals surface area contributed by atoms with E-state index in [1.807, 2.05) is 0 Å². The predicted molar refractivity (Wildman–Crippen MR) is 34.1 cm³/mol. The van der Waals surface area contributed by atoms with Gasteiger partial charge in [-0.05, 0) is 0 Å². The Hall–Kier alpha value is -1.58. The van der Waals surface area contributed by atoms with Gasteiger partial charge in [-0.15, -0.1) is 0 Å². The van der Waals surface area contributed by atoms with Crippen LogP contribution in [0.1, 0.15) is 0 Å². The van der Waals surface area contributed by atoms with Gasteiger partial charge in [0.1, 0.15) is 0 Å². The molecule has 0 bridgehead atoms. The topological polar surface area (TPSA) is 40.6 Å². The summed E-state index contributed by atoms with van der Waals surface area (Å²) in [5.74, 6) is 0. The van der Waals surface area contributed by atoms with Gasteiger partial charge in [0, 0.05) is 24.8 Å². The molecule has 0 saturated heterocycles. The van der Waals surface area contributed by atoms with Crippen LogP contribution in [0, 0.1) is 0 Å². The van der Waals surface area contributed by atoms with E-state index in [9.17, 15) is 9.59 Å². The molecule has 0 aliphatic carbocycles. The van der Waals surface area contributed by atoms with Crippen LogP contribution in [-0.4, -0.2) is 22.6 Å². The van der Waals surface area contributed by atoms with Crippen LogP contribution in [0.5, 0.6) is 0 Å². The summed E-state index contributed by atoms with van der Waals surface area (Å²) in [6.45, 7) is 0. The Morgan fingerprint density at radius 1 is 0.800 bits per heavy atom. The molecule has 1 aliphatic heterocycles. The van der Waals surface area contributed by atoms with Gasteiger partial charge in [0.15, 0.2) is 0 Å². The maximum atomic E-state index is 10.1. The Labute approximate surface area is 58.0 Å². The fourth-order valence-corrected chi connectivity index (χ4v) is 0.548. The van der Waals surface area contributed by atoms with Crippen LogP contribution < -0.4 is 0 Å². The van der Waals surface area contributed by atoms with Gasteiger partial charge in [-0.1, -0.05) is 0 Å². The van der Waals surface area contributed by atoms with Gasteiger partial charge in [0.05, 0.1) is 0 Å². The fourth-order valence-electron chi connectivity index (χ4n) is 0.548. The summed E-state index contributed by atoms with van der Waals surface area (Å²) in [6, 6.07) is 0. The fraction of sp³-hybridized carbons (Fsp3) is 0. The van der Waals surface area contributed by atoms with E-state index in [4.69, 9.17) is 0 Å². The summed E-state index contributed by atoms with van der Waals surface area (Å²) >= 11 is 0. The number of amides is 2. The second-order valence-corrected chi connectivity index (χ2v) is 1.70. The largest absolute Gasteiger partial charge is 0.294 e. The van der Waals surface area contributed by atoms with Crippen molar-refractivity contribution in [1.29, 1.82) is 0 Å². The highest BCUT2D eigenvalue weighted by atomic mass is 16.1. The number of nitrogens with zero attached hydrogens (tertiary/aromatic N) is 2. The molecule has 4 heteroatoms. The van der Waals surface area contributed by atoms with Crippen molar-refractivity contribution in [3.05, 3.63) is 24.8 Å². The van der Waals surface area contributed by atoms with Crippen LogP contribution in [0.2, 0.25) is 0 Å². The Morgan fingerprint density at radius 2 is 1.10 bits per heavy atom. The molecule has 0 atom stereocenters. The molecule has 0 aromatic heterocycles. The summed E-state index contributed by atoms with van der Waals surface area (Å²) in [5, 5.41) is 0. The number of carbonyl (C=O) groups is 2. The monoisotopic (exact) mass is 138 g/mol. The summed E-state index contributed by atoms with van der Waals surface area (Å²) in [6.07, 6.45) is 7.25. The van der Waals surface area contributed by atoms with Crippen molar-refractivity contribution in [3.8, 4) is 0 Å². The van der Waals surface area contributed by atoms with Gasteiger partial charge >= 0.3 is 0 Å². The molecule has 0 unspecified atom stereocenters. The van der Waals surface area contributed by atoms with Crippen LogP contribution in [0.25, 0.3) is 0 Å². The van der Waals surface area contributed by atoms with E-state index >= 15 is 0 Å². The van der Waals surface area contributed by atoms with Crippen molar-refractivity contribution in [2.75, 3.05) is 0 Å². The zero-order valence-corrected chi connectivity index (χ0v) is 5.18. The first-order valence-electron chi connectivity index (χ1n) is 2.69. The maximum Gasteiger partial charge on any atom is 0.217 e. The van der Waals surface area contributed by atoms with Crippen LogP contribution >= 0.6 is 0 Å². The van der Waals surface area contributed by atoms with E-state index in [-0.39, 0.29) is 0 Å². The summed E-state index contributed by atoms with van der Waals surface area (Å²) in [4.78, 5) is 22.8. The van der Waals surface area contributed by atoms with Crippen molar-refractivity contribution in [2.45, 2.75) is 0 Å². The van der Waals surface area contributed by atoms with Gasteiger partial charge in [0.25, 0.3) is 0 Å². The van der Waals surface area contributed by atoms with E-state index in [0.29, 0.717) is 12.8 Å². The van der Waals surface area contributed by atoms with Crippen LogP contribution in [0.15, 0.2) is 24.8 Å². The third-order valence-corrected chi connectivity index (χ3v) is 1.07. The summed E-state index contributed by atoms with van der Waals surface area (Å²) in [5.41, 5.74) is 0. The molecule has 1 aliphatic rings. The SMILES string of the molecule is O=CN1C=CN(C=O)C=C1. The quantitative estimate of drug-likeness (QED) is 0.498. The first-order valence-corrected chi connectivity index (χ1v) is 2.69. The lowest BCUT2D eigenvalue weighted by Crippen LogP contribution is -2.17. The maximum absolute atomic E-state index is 10.1. The minimum atomic E-state index is 0.648. The lowest BCUT2D eigenvalue weighted by atomic mass is 10.6. The zero-order valence-electron chi connectivity index (χ0n) is 5.18. The number of rotatable bonds is 2. The molecule has 10 heavy (non-hydrogen) atoms. The molecule has 1 heterocycles. The molecular weight excluding hydrogens is 132 g/mol. The van der Waals surface area contributed by atoms with E-state index in [1.54, 1.807) is 0 Å². The van der Waals surface area contributed by atoms with Crippen molar-refractivity contribution < 1.29 is 9.59 Å². The zero-order chi connectivity index (χ0) is 7.40. The Kier molecular flexibility index (Phi) is 1.84. The average molecular weight is 138 g/mol. The van der Waals surface area contributed by atoms with Crippen LogP contribution in [-0.2, 0) is 9.59 Å². The number of hydrogen-bond donors (Lipinski definition) is 0. The second kappa shape index (κ2) is 2.82. The highest BCUT2D eigenvalue weighted by Crippen LogP contribution is 1.98. The second-order valence-electron chi connectivity index (χ2n) is 1.70. The van der Waals surface area contributed by atoms with Gasteiger partial charge < -0.3 is 0 Å². The molecule has 0 saturated carbocycles. The van der Waals surface area contributed by atoms with E-state index in [2.05, 4.69) is 0 Å². The third kappa shape index (κ3) is 1.22.